The number of epoxide rings is 1. The molecule has 0 radical (unpaired) electrons. The Morgan fingerprint density at radius 3 is 2.64 bits per heavy atom. The molecule has 0 aliphatic carbocycles. The van der Waals surface area contributed by atoms with E-state index in [1.807, 2.05) is 35.2 Å². The summed E-state index contributed by atoms with van der Waals surface area (Å²) < 4.78 is 50.5. The second-order valence-electron chi connectivity index (χ2n) is 12.6. The smallest absolute Gasteiger partial charge is 0.417 e. The molecule has 0 saturated carbocycles. The minimum atomic E-state index is -4.60. The van der Waals surface area contributed by atoms with Crippen LogP contribution in [0.4, 0.5) is 24.7 Å². The topological polar surface area (TPSA) is 81.9 Å². The van der Waals surface area contributed by atoms with Gasteiger partial charge in [-0.25, -0.2) is 6.57 Å². The van der Waals surface area contributed by atoms with Crippen molar-refractivity contribution in [3.63, 3.8) is 0 Å². The Morgan fingerprint density at radius 2 is 1.91 bits per heavy atom. The van der Waals surface area contributed by atoms with Crippen molar-refractivity contribution in [2.45, 2.75) is 56.3 Å². The van der Waals surface area contributed by atoms with Gasteiger partial charge in [-0.3, -0.25) is 4.79 Å². The van der Waals surface area contributed by atoms with Crippen molar-refractivity contribution in [2.75, 3.05) is 62.7 Å². The maximum absolute atomic E-state index is 13.2. The number of nitrogens with zero attached hydrogens (tertiary/aromatic N) is 7. The fourth-order valence-corrected chi connectivity index (χ4v) is 7.41. The molecule has 1 amide bonds. The molecule has 0 unspecified atom stereocenters. The Bertz CT molecular complexity index is 1710. The lowest BCUT2D eigenvalue weighted by atomic mass is 10.0. The predicted molar refractivity (Wildman–Crippen MR) is 171 cm³/mol. The van der Waals surface area contributed by atoms with Crippen LogP contribution in [-0.4, -0.2) is 109 Å². The molecule has 47 heavy (non-hydrogen) atoms. The number of amides is 1. The molecule has 2 aromatic carbocycles. The Hall–Kier alpha value is -3.86. The van der Waals surface area contributed by atoms with Crippen molar-refractivity contribution in [2.24, 2.45) is 0 Å². The summed E-state index contributed by atoms with van der Waals surface area (Å²) in [7, 11) is 2.08. The molecule has 0 bridgehead atoms. The fraction of sp³-hybridized carbons (Fsp3) is 0.515. The highest BCUT2D eigenvalue weighted by Gasteiger charge is 2.63. The molecule has 5 heterocycles. The molecule has 3 saturated heterocycles. The standard InChI is InChI=1S/C33H35ClF3N7O3/c1-38-16-22-17-43(14-15-44(22)31(45)28-29(47-28)33(35,36)37)30-23-11-13-42(26-10-4-7-20-6-3-9-24(34)27(20)26)18-25(23)39-32(40-30)46-19-21-8-5-12-41(21)2/h3-4,6-7,9-10,21-22,28-29H,5,8,11-19H2,2H3/t21-,22-,28+,29-/m0/s1. The summed E-state index contributed by atoms with van der Waals surface area (Å²) in [5, 5.41) is 2.70. The summed E-state index contributed by atoms with van der Waals surface area (Å²) in [6, 6.07) is 11.9. The van der Waals surface area contributed by atoms with E-state index < -0.39 is 30.3 Å². The molecule has 4 aliphatic heterocycles. The molecule has 4 atom stereocenters. The molecule has 0 N–H and O–H groups in total. The SMILES string of the molecule is [C-]#[N+]C[C@H]1CN(c2nc(OC[C@@H]3CCCN3C)nc3c2CCN(c2cccc4cccc(Cl)c24)C3)CCN1C(=O)[C@@H]1O[C@@H]1C(F)(F)F. The number of rotatable bonds is 7. The number of alkyl halides is 3. The van der Waals surface area contributed by atoms with Crippen molar-refractivity contribution in [1.82, 2.24) is 19.8 Å². The first-order chi connectivity index (χ1) is 22.6. The number of likely N-dealkylation sites (tertiary alicyclic amines) is 1. The van der Waals surface area contributed by atoms with E-state index in [2.05, 4.69) is 27.8 Å². The third-order valence-corrected chi connectivity index (χ3v) is 10.0. The van der Waals surface area contributed by atoms with Gasteiger partial charge in [0.2, 0.25) is 6.54 Å². The number of carbonyl (C=O) groups is 1. The Balaban J connectivity index is 1.18. The number of fused-ring (bicyclic) bond motifs is 2. The molecule has 3 fully saturated rings. The second kappa shape index (κ2) is 12.6. The zero-order valence-electron chi connectivity index (χ0n) is 25.9. The highest BCUT2D eigenvalue weighted by Crippen LogP contribution is 2.40. The number of piperazine rings is 1. The highest BCUT2D eigenvalue weighted by molar-refractivity contribution is 6.36. The molecule has 3 aromatic rings. The first kappa shape index (κ1) is 31.7. The molecule has 0 spiro atoms. The van der Waals surface area contributed by atoms with Crippen LogP contribution in [0.15, 0.2) is 36.4 Å². The van der Waals surface area contributed by atoms with E-state index >= 15 is 0 Å². The van der Waals surface area contributed by atoms with Crippen LogP contribution in [0.1, 0.15) is 24.1 Å². The van der Waals surface area contributed by atoms with E-state index in [0.717, 1.165) is 47.1 Å². The average Bonchev–Trinajstić information content (AvgIpc) is 3.78. The number of anilines is 2. The van der Waals surface area contributed by atoms with Crippen LogP contribution in [0.25, 0.3) is 15.6 Å². The van der Waals surface area contributed by atoms with Crippen molar-refractivity contribution < 1.29 is 27.4 Å². The summed E-state index contributed by atoms with van der Waals surface area (Å²) in [4.78, 5) is 34.3. The fourth-order valence-electron chi connectivity index (χ4n) is 7.13. The molecule has 1 aromatic heterocycles. The molecule has 4 aliphatic rings. The normalized spacial score (nSPS) is 24.7. The molecule has 10 nitrogen and oxygen atoms in total. The quantitative estimate of drug-likeness (QED) is 0.267. The van der Waals surface area contributed by atoms with Crippen molar-refractivity contribution in [3.05, 3.63) is 64.1 Å². The van der Waals surface area contributed by atoms with E-state index in [-0.39, 0.29) is 31.7 Å². The molecule has 248 valence electrons. The Labute approximate surface area is 275 Å². The maximum atomic E-state index is 13.2. The van der Waals surface area contributed by atoms with Crippen LogP contribution in [0, 0.1) is 6.57 Å². The van der Waals surface area contributed by atoms with Crippen molar-refractivity contribution >= 4 is 39.8 Å². The van der Waals surface area contributed by atoms with Gasteiger partial charge in [0, 0.05) is 48.9 Å². The van der Waals surface area contributed by atoms with E-state index in [1.165, 1.54) is 4.90 Å². The van der Waals surface area contributed by atoms with Gasteiger partial charge >= 0.3 is 12.2 Å². The largest absolute Gasteiger partial charge is 0.462 e. The van der Waals surface area contributed by atoms with Crippen LogP contribution in [0.3, 0.4) is 0 Å². The van der Waals surface area contributed by atoms with Crippen molar-refractivity contribution in [1.29, 1.82) is 0 Å². The van der Waals surface area contributed by atoms with Gasteiger partial charge in [0.15, 0.2) is 12.2 Å². The number of hydrogen-bond donors (Lipinski definition) is 0. The summed E-state index contributed by atoms with van der Waals surface area (Å²) in [5.74, 6) is -0.0438. The second-order valence-corrected chi connectivity index (χ2v) is 13.0. The van der Waals surface area contributed by atoms with E-state index in [1.54, 1.807) is 0 Å². The van der Waals surface area contributed by atoms with Gasteiger partial charge in [-0.15, -0.1) is 0 Å². The molecule has 7 rings (SSSR count). The number of halogens is 4. The lowest BCUT2D eigenvalue weighted by Crippen LogP contribution is -2.58. The first-order valence-electron chi connectivity index (χ1n) is 15.9. The van der Waals surface area contributed by atoms with Gasteiger partial charge in [0.25, 0.3) is 5.91 Å². The van der Waals surface area contributed by atoms with Crippen LogP contribution in [0.2, 0.25) is 5.02 Å². The minimum absolute atomic E-state index is 0.0497. The minimum Gasteiger partial charge on any atom is -0.462 e. The zero-order valence-corrected chi connectivity index (χ0v) is 26.7. The van der Waals surface area contributed by atoms with Crippen LogP contribution in [0.5, 0.6) is 6.01 Å². The summed E-state index contributed by atoms with van der Waals surface area (Å²) in [6.07, 6.45) is -5.49. The average molecular weight is 670 g/mol. The third-order valence-electron chi connectivity index (χ3n) is 9.70. The van der Waals surface area contributed by atoms with Gasteiger partial charge in [0.05, 0.1) is 17.3 Å². The van der Waals surface area contributed by atoms with Gasteiger partial charge in [-0.2, -0.15) is 23.1 Å². The van der Waals surface area contributed by atoms with E-state index in [9.17, 15) is 18.0 Å². The van der Waals surface area contributed by atoms with Gasteiger partial charge in [0.1, 0.15) is 18.5 Å². The van der Waals surface area contributed by atoms with Gasteiger partial charge in [-0.1, -0.05) is 35.9 Å². The van der Waals surface area contributed by atoms with E-state index in [0.29, 0.717) is 43.5 Å². The maximum Gasteiger partial charge on any atom is 0.417 e. The monoisotopic (exact) mass is 669 g/mol. The lowest BCUT2D eigenvalue weighted by Gasteiger charge is -2.41. The summed E-state index contributed by atoms with van der Waals surface area (Å²) >= 11 is 6.68. The lowest BCUT2D eigenvalue weighted by molar-refractivity contribution is -0.148. The van der Waals surface area contributed by atoms with Gasteiger partial charge < -0.3 is 33.9 Å². The molecular weight excluding hydrogens is 635 g/mol. The van der Waals surface area contributed by atoms with Crippen LogP contribution in [-0.2, 0) is 22.5 Å². The number of likely N-dealkylation sites (N-methyl/N-ethyl adjacent to an activating group) is 1. The highest BCUT2D eigenvalue weighted by atomic mass is 35.5. The molecule has 14 heteroatoms. The Morgan fingerprint density at radius 1 is 1.11 bits per heavy atom. The predicted octanol–water partition coefficient (Wildman–Crippen LogP) is 4.59. The number of benzene rings is 2. The summed E-state index contributed by atoms with van der Waals surface area (Å²) in [6.45, 7) is 10.8. The molecular formula is C33H35ClF3N7O3. The number of aromatic nitrogens is 2. The third kappa shape index (κ3) is 6.26. The van der Waals surface area contributed by atoms with Crippen LogP contribution >= 0.6 is 11.6 Å². The summed E-state index contributed by atoms with van der Waals surface area (Å²) in [5.41, 5.74) is 2.79. The van der Waals surface area contributed by atoms with Crippen LogP contribution < -0.4 is 14.5 Å². The number of carbonyl (C=O) groups excluding carboxylic acids is 1. The van der Waals surface area contributed by atoms with E-state index in [4.69, 9.17) is 37.6 Å². The zero-order chi connectivity index (χ0) is 32.9. The van der Waals surface area contributed by atoms with Gasteiger partial charge in [-0.05, 0) is 50.4 Å². The first-order valence-corrected chi connectivity index (χ1v) is 16.3. The number of ether oxygens (including phenoxy) is 2. The van der Waals surface area contributed by atoms with Crippen molar-refractivity contribution in [3.8, 4) is 6.01 Å². The Kier molecular flexibility index (Phi) is 8.53. The number of hydrogen-bond acceptors (Lipinski definition) is 8.